The van der Waals surface area contributed by atoms with Gasteiger partial charge in [-0.05, 0) is 188 Å². The maximum Gasteiger partial charge on any atom is 0.251 e. The number of nitriles is 2. The van der Waals surface area contributed by atoms with Gasteiger partial charge in [0.25, 0.3) is 11.8 Å². The van der Waals surface area contributed by atoms with E-state index in [9.17, 15) is 20.1 Å². The summed E-state index contributed by atoms with van der Waals surface area (Å²) in [6, 6.07) is 38.6. The number of hydrogen-bond donors (Lipinski definition) is 4. The molecule has 0 saturated carbocycles. The van der Waals surface area contributed by atoms with Crippen molar-refractivity contribution in [2.45, 2.75) is 90.9 Å². The van der Waals surface area contributed by atoms with Crippen molar-refractivity contribution in [3.05, 3.63) is 165 Å². The maximum atomic E-state index is 12.8. The molecule has 0 aliphatic heterocycles. The summed E-state index contributed by atoms with van der Waals surface area (Å²) in [5.41, 5.74) is 27.7. The van der Waals surface area contributed by atoms with Crippen LogP contribution in [0.15, 0.2) is 118 Å². The first-order valence-electron chi connectivity index (χ1n) is 25.0. The molecule has 0 fully saturated rings. The summed E-state index contributed by atoms with van der Waals surface area (Å²) in [4.78, 5) is 34.9. The van der Waals surface area contributed by atoms with Gasteiger partial charge in [-0.25, -0.2) is 9.97 Å². The Morgan fingerprint density at radius 2 is 1.07 bits per heavy atom. The van der Waals surface area contributed by atoms with E-state index in [4.69, 9.17) is 20.3 Å². The molecule has 0 radical (unpaired) electrons. The first kappa shape index (κ1) is 48.8. The van der Waals surface area contributed by atoms with Gasteiger partial charge < -0.3 is 30.9 Å². The van der Waals surface area contributed by atoms with Crippen LogP contribution in [0.4, 0.5) is 11.4 Å². The summed E-state index contributed by atoms with van der Waals surface area (Å²) >= 11 is 0. The van der Waals surface area contributed by atoms with Crippen molar-refractivity contribution in [2.24, 2.45) is 11.8 Å². The zero-order valence-electron chi connectivity index (χ0n) is 41.3. The van der Waals surface area contributed by atoms with E-state index in [0.717, 1.165) is 85.0 Å². The largest absolute Gasteiger partial charge is 0.436 e. The number of nitrogen functional groups attached to an aromatic ring is 2. The lowest BCUT2D eigenvalue weighted by molar-refractivity contribution is 0.0938. The molecule has 2 aliphatic rings. The fraction of sp³-hybridized carbons (Fsp3) is 0.300. The van der Waals surface area contributed by atoms with Crippen LogP contribution in [-0.2, 0) is 25.7 Å². The number of benzene rings is 6. The highest BCUT2D eigenvalue weighted by Gasteiger charge is 2.22. The molecule has 2 atom stereocenters. The lowest BCUT2D eigenvalue weighted by Gasteiger charge is -2.15. The minimum atomic E-state index is -0.0823. The van der Waals surface area contributed by atoms with Gasteiger partial charge in [-0.1, -0.05) is 45.9 Å². The maximum absolute atomic E-state index is 12.8. The Morgan fingerprint density at radius 1 is 0.597 bits per heavy atom. The summed E-state index contributed by atoms with van der Waals surface area (Å²) in [7, 11) is 0. The molecule has 12 heteroatoms. The van der Waals surface area contributed by atoms with E-state index in [1.54, 1.807) is 36.4 Å². The normalized spacial score (nSPS) is 15.3. The molecule has 0 bridgehead atoms. The number of anilines is 2. The van der Waals surface area contributed by atoms with Crippen molar-refractivity contribution in [1.82, 2.24) is 20.6 Å². The summed E-state index contributed by atoms with van der Waals surface area (Å²) < 4.78 is 12.2. The molecule has 2 unspecified atom stereocenters. The van der Waals surface area contributed by atoms with Crippen LogP contribution in [0, 0.1) is 34.5 Å². The van der Waals surface area contributed by atoms with Crippen LogP contribution in [0.5, 0.6) is 0 Å². The van der Waals surface area contributed by atoms with E-state index in [2.05, 4.69) is 78.6 Å². The molecule has 0 spiro atoms. The van der Waals surface area contributed by atoms with Crippen LogP contribution >= 0.6 is 0 Å². The average molecular weight is 957 g/mol. The number of hydrogen-bond acceptors (Lipinski definition) is 10. The SMILES string of the molecule is CC(C)c1cc(C#N)cc2nc(-c3ccc(C(=O)NCC4CCc5ccc(N)cc5CC4)cc3)oc12.CC(C)c1cc(C#N)cc2nc(-c3ccc(C(=O)NCC4CCc5cccc(N)c5CC4)cc3)oc12. The van der Waals surface area contributed by atoms with Crippen molar-refractivity contribution in [2.75, 3.05) is 24.6 Å². The van der Waals surface area contributed by atoms with Crippen molar-refractivity contribution >= 4 is 45.4 Å². The van der Waals surface area contributed by atoms with Gasteiger partial charge in [0.1, 0.15) is 11.0 Å². The lowest BCUT2D eigenvalue weighted by Crippen LogP contribution is -2.29. The number of nitrogens with zero attached hydrogens (tertiary/aromatic N) is 4. The van der Waals surface area contributed by atoms with Crippen LogP contribution in [0.2, 0.25) is 0 Å². The molecule has 8 aromatic rings. The molecule has 10 rings (SSSR count). The molecule has 0 saturated heterocycles. The fourth-order valence-corrected chi connectivity index (χ4v) is 10.00. The van der Waals surface area contributed by atoms with Crippen LogP contribution < -0.4 is 22.1 Å². The quantitative estimate of drug-likeness (QED) is 0.0752. The number of amides is 2. The zero-order valence-corrected chi connectivity index (χ0v) is 41.3. The molecule has 6 aromatic carbocycles. The number of oxazole rings is 2. The van der Waals surface area contributed by atoms with Gasteiger partial charge in [0, 0.05) is 57.8 Å². The Hall–Kier alpha value is -8.22. The Bertz CT molecular complexity index is 3370. The number of carbonyl (C=O) groups is 2. The third-order valence-electron chi connectivity index (χ3n) is 14.2. The molecule has 2 amide bonds. The van der Waals surface area contributed by atoms with Gasteiger partial charge in [-0.15, -0.1) is 0 Å². The highest BCUT2D eigenvalue weighted by atomic mass is 16.4. The molecule has 2 aromatic heterocycles. The van der Waals surface area contributed by atoms with E-state index < -0.39 is 0 Å². The molecule has 12 nitrogen and oxygen atoms in total. The molecular formula is C60H60N8O4. The highest BCUT2D eigenvalue weighted by molar-refractivity contribution is 5.95. The summed E-state index contributed by atoms with van der Waals surface area (Å²) in [6.45, 7) is 9.57. The Kier molecular flexibility index (Phi) is 14.5. The minimum absolute atomic E-state index is 0.0779. The van der Waals surface area contributed by atoms with Crippen LogP contribution in [0.3, 0.4) is 0 Å². The second kappa shape index (κ2) is 21.4. The summed E-state index contributed by atoms with van der Waals surface area (Å²) in [5.74, 6) is 2.07. The van der Waals surface area contributed by atoms with Gasteiger partial charge in [0.05, 0.1) is 23.3 Å². The molecule has 72 heavy (non-hydrogen) atoms. The van der Waals surface area contributed by atoms with Crippen LogP contribution in [-0.4, -0.2) is 34.9 Å². The second-order valence-corrected chi connectivity index (χ2v) is 19.9. The lowest BCUT2D eigenvalue weighted by atomic mass is 9.99. The number of nitrogens with one attached hydrogen (secondary N) is 2. The van der Waals surface area contributed by atoms with Gasteiger partial charge in [-0.3, -0.25) is 9.59 Å². The Morgan fingerprint density at radius 3 is 1.56 bits per heavy atom. The molecule has 364 valence electrons. The number of rotatable bonds is 10. The van der Waals surface area contributed by atoms with E-state index in [1.165, 1.54) is 22.3 Å². The highest BCUT2D eigenvalue weighted by Crippen LogP contribution is 2.34. The average Bonchev–Trinajstić information content (AvgIpc) is 3.90. The molecule has 2 aliphatic carbocycles. The predicted octanol–water partition coefficient (Wildman–Crippen LogP) is 12.0. The zero-order chi connectivity index (χ0) is 50.5. The monoisotopic (exact) mass is 956 g/mol. The topological polar surface area (TPSA) is 210 Å². The number of carbonyl (C=O) groups excluding carboxylic acids is 2. The van der Waals surface area contributed by atoms with E-state index >= 15 is 0 Å². The van der Waals surface area contributed by atoms with Gasteiger partial charge in [0.15, 0.2) is 11.2 Å². The smallest absolute Gasteiger partial charge is 0.251 e. The van der Waals surface area contributed by atoms with E-state index in [1.807, 2.05) is 54.6 Å². The van der Waals surface area contributed by atoms with E-state index in [0.29, 0.717) is 81.2 Å². The van der Waals surface area contributed by atoms with Crippen molar-refractivity contribution < 1.29 is 18.4 Å². The van der Waals surface area contributed by atoms with Crippen molar-refractivity contribution in [3.8, 4) is 35.0 Å². The minimum Gasteiger partial charge on any atom is -0.436 e. The van der Waals surface area contributed by atoms with E-state index in [-0.39, 0.29) is 23.7 Å². The fourth-order valence-electron chi connectivity index (χ4n) is 10.00. The van der Waals surface area contributed by atoms with Crippen molar-refractivity contribution in [1.29, 1.82) is 10.5 Å². The number of nitrogens with two attached hydrogens (primary N) is 2. The third kappa shape index (κ3) is 10.9. The third-order valence-corrected chi connectivity index (χ3v) is 14.2. The van der Waals surface area contributed by atoms with Crippen LogP contribution in [0.1, 0.15) is 130 Å². The van der Waals surface area contributed by atoms with Crippen molar-refractivity contribution in [3.63, 3.8) is 0 Å². The van der Waals surface area contributed by atoms with Crippen LogP contribution in [0.25, 0.3) is 45.1 Å². The number of fused-ring (bicyclic) bond motifs is 4. The van der Waals surface area contributed by atoms with Gasteiger partial charge in [-0.2, -0.15) is 10.5 Å². The summed E-state index contributed by atoms with van der Waals surface area (Å²) in [6.07, 6.45) is 8.12. The number of aromatic nitrogens is 2. The summed E-state index contributed by atoms with van der Waals surface area (Å²) in [5, 5.41) is 24.9. The second-order valence-electron chi connectivity index (χ2n) is 19.9. The van der Waals surface area contributed by atoms with Gasteiger partial charge in [0.2, 0.25) is 11.8 Å². The molecule has 6 N–H and O–H groups in total. The van der Waals surface area contributed by atoms with Gasteiger partial charge >= 0.3 is 0 Å². The molecule has 2 heterocycles. The predicted molar refractivity (Wildman–Crippen MR) is 283 cm³/mol. The first-order chi connectivity index (χ1) is 34.8. The number of aryl methyl sites for hydroxylation is 3. The Balaban J connectivity index is 0.000000178. The standard InChI is InChI=1S/2C30H30N4O2/c1-18(2)26-13-20(16-31)14-27-28(26)36-30(34-27)23-9-7-22(8-10-23)29(35)33-17-19-3-5-21-11-12-25(32)15-24(21)6-4-19;1-18(2)25-14-20(16-31)15-27-28(25)36-30(34-27)23-11-9-22(10-12-23)29(35)33-17-19-6-8-21-4-3-5-26(32)24(21)13-7-19/h7-15,18-19H,3-6,17,32H2,1-2H3,(H,33,35);3-5,9-12,14-15,18-19H,6-8,13,17,32H2,1-2H3,(H,33,35). The molecular weight excluding hydrogens is 897 g/mol. The Labute approximate surface area is 420 Å². The first-order valence-corrected chi connectivity index (χ1v) is 25.0.